The molecule has 25 heavy (non-hydrogen) atoms. The van der Waals surface area contributed by atoms with Gasteiger partial charge in [0.1, 0.15) is 0 Å². The molecule has 132 valence electrons. The summed E-state index contributed by atoms with van der Waals surface area (Å²) in [5, 5.41) is 10.4. The number of hydrogen-bond donors (Lipinski definition) is 3. The molecule has 0 saturated carbocycles. The largest absolute Gasteiger partial charge is 0.338 e. The summed E-state index contributed by atoms with van der Waals surface area (Å²) in [7, 11) is -3.68. The molecule has 2 aromatic carbocycles. The van der Waals surface area contributed by atoms with E-state index in [9.17, 15) is 13.2 Å². The monoisotopic (exact) mass is 423 g/mol. The summed E-state index contributed by atoms with van der Waals surface area (Å²) >= 11 is 3.42. The molecule has 0 saturated heterocycles. The molecule has 2 aromatic rings. The number of primary sulfonamides is 1. The predicted octanol–water partition coefficient (Wildman–Crippen LogP) is 2.61. The standard InChI is InChI=1S/C17H18BrN3O3S/c18-16-4-2-1-3-14(16)10-12-21-17(22)20-11-9-13-5-7-15(8-6-13)25(19,23)24/h1-8,10,12H,9,11H2,(H2,19,23,24)(H2,20,21,22)/b12-10+. The molecular weight excluding hydrogens is 406 g/mol. The Bertz CT molecular complexity index is 865. The fourth-order valence-corrected chi connectivity index (χ4v) is 2.97. The lowest BCUT2D eigenvalue weighted by Crippen LogP contribution is -2.33. The number of urea groups is 1. The Morgan fingerprint density at radius 2 is 1.80 bits per heavy atom. The van der Waals surface area contributed by atoms with Crippen molar-refractivity contribution < 1.29 is 13.2 Å². The maximum absolute atomic E-state index is 11.7. The smallest absolute Gasteiger partial charge is 0.318 e. The van der Waals surface area contributed by atoms with E-state index in [1.54, 1.807) is 24.4 Å². The Morgan fingerprint density at radius 3 is 2.44 bits per heavy atom. The average Bonchev–Trinajstić information content (AvgIpc) is 2.56. The van der Waals surface area contributed by atoms with Crippen molar-refractivity contribution in [3.63, 3.8) is 0 Å². The van der Waals surface area contributed by atoms with Crippen molar-refractivity contribution in [3.8, 4) is 0 Å². The van der Waals surface area contributed by atoms with Crippen LogP contribution in [0.15, 0.2) is 64.1 Å². The fraction of sp³-hybridized carbons (Fsp3) is 0.118. The van der Waals surface area contributed by atoms with Crippen LogP contribution >= 0.6 is 15.9 Å². The number of amides is 2. The molecule has 0 aliphatic heterocycles. The van der Waals surface area contributed by atoms with Gasteiger partial charge in [-0.2, -0.15) is 0 Å². The third kappa shape index (κ3) is 6.33. The first-order valence-electron chi connectivity index (χ1n) is 7.43. The molecular formula is C17H18BrN3O3S. The number of halogens is 1. The van der Waals surface area contributed by atoms with E-state index in [-0.39, 0.29) is 10.9 Å². The molecule has 0 atom stereocenters. The molecule has 0 spiro atoms. The van der Waals surface area contributed by atoms with Gasteiger partial charge in [0.15, 0.2) is 0 Å². The van der Waals surface area contributed by atoms with E-state index >= 15 is 0 Å². The van der Waals surface area contributed by atoms with Crippen molar-refractivity contribution in [2.75, 3.05) is 6.54 Å². The van der Waals surface area contributed by atoms with E-state index in [4.69, 9.17) is 5.14 Å². The molecule has 0 aromatic heterocycles. The maximum Gasteiger partial charge on any atom is 0.318 e. The van der Waals surface area contributed by atoms with Gasteiger partial charge in [-0.25, -0.2) is 18.4 Å². The van der Waals surface area contributed by atoms with E-state index in [2.05, 4.69) is 26.6 Å². The molecule has 0 unspecified atom stereocenters. The summed E-state index contributed by atoms with van der Waals surface area (Å²) in [6.07, 6.45) is 3.93. The normalized spacial score (nSPS) is 11.4. The number of nitrogens with one attached hydrogen (secondary N) is 2. The Hall–Kier alpha value is -2.16. The highest BCUT2D eigenvalue weighted by Crippen LogP contribution is 2.16. The Morgan fingerprint density at radius 1 is 1.12 bits per heavy atom. The zero-order chi connectivity index (χ0) is 18.3. The van der Waals surface area contributed by atoms with Gasteiger partial charge in [-0.05, 0) is 41.8 Å². The van der Waals surface area contributed by atoms with Crippen molar-refractivity contribution in [2.24, 2.45) is 5.14 Å². The molecule has 4 N–H and O–H groups in total. The summed E-state index contributed by atoms with van der Waals surface area (Å²) in [6, 6.07) is 13.6. The zero-order valence-corrected chi connectivity index (χ0v) is 15.7. The van der Waals surface area contributed by atoms with Crippen LogP contribution in [0.5, 0.6) is 0 Å². The lowest BCUT2D eigenvalue weighted by Gasteiger charge is -2.06. The van der Waals surface area contributed by atoms with Gasteiger partial charge in [-0.3, -0.25) is 0 Å². The van der Waals surface area contributed by atoms with Crippen molar-refractivity contribution >= 4 is 38.1 Å². The second-order valence-corrected chi connectivity index (χ2v) is 7.61. The van der Waals surface area contributed by atoms with Gasteiger partial charge >= 0.3 is 6.03 Å². The van der Waals surface area contributed by atoms with Crippen LogP contribution in [0.1, 0.15) is 11.1 Å². The number of nitrogens with two attached hydrogens (primary N) is 1. The summed E-state index contributed by atoms with van der Waals surface area (Å²) in [5.74, 6) is 0. The van der Waals surface area contributed by atoms with Crippen LogP contribution in [0.25, 0.3) is 6.08 Å². The number of hydrogen-bond acceptors (Lipinski definition) is 3. The van der Waals surface area contributed by atoms with E-state index in [1.165, 1.54) is 12.1 Å². The number of rotatable bonds is 6. The minimum Gasteiger partial charge on any atom is -0.338 e. The third-order valence-electron chi connectivity index (χ3n) is 3.33. The number of benzene rings is 2. The molecule has 0 aliphatic carbocycles. The van der Waals surface area contributed by atoms with Crippen LogP contribution in [0.2, 0.25) is 0 Å². The summed E-state index contributed by atoms with van der Waals surface area (Å²) in [5.41, 5.74) is 1.86. The van der Waals surface area contributed by atoms with Crippen LogP contribution < -0.4 is 15.8 Å². The molecule has 0 bridgehead atoms. The zero-order valence-electron chi connectivity index (χ0n) is 13.3. The van der Waals surface area contributed by atoms with E-state index in [0.717, 1.165) is 15.6 Å². The van der Waals surface area contributed by atoms with Gasteiger partial charge in [-0.15, -0.1) is 0 Å². The molecule has 0 heterocycles. The molecule has 0 radical (unpaired) electrons. The number of sulfonamides is 1. The Balaban J connectivity index is 1.76. The minimum atomic E-state index is -3.68. The topological polar surface area (TPSA) is 101 Å². The second-order valence-electron chi connectivity index (χ2n) is 5.19. The van der Waals surface area contributed by atoms with Gasteiger partial charge in [-0.1, -0.05) is 46.3 Å². The van der Waals surface area contributed by atoms with E-state index in [0.29, 0.717) is 13.0 Å². The molecule has 6 nitrogen and oxygen atoms in total. The van der Waals surface area contributed by atoms with Crippen LogP contribution in [0.4, 0.5) is 4.79 Å². The maximum atomic E-state index is 11.7. The molecule has 2 amide bonds. The van der Waals surface area contributed by atoms with Crippen molar-refractivity contribution in [2.45, 2.75) is 11.3 Å². The van der Waals surface area contributed by atoms with Gasteiger partial charge in [0.2, 0.25) is 10.0 Å². The van der Waals surface area contributed by atoms with Crippen LogP contribution in [-0.2, 0) is 16.4 Å². The first kappa shape index (κ1) is 19.2. The fourth-order valence-electron chi connectivity index (χ4n) is 2.03. The predicted molar refractivity (Wildman–Crippen MR) is 101 cm³/mol. The molecule has 8 heteroatoms. The number of carbonyl (C=O) groups excluding carboxylic acids is 1. The van der Waals surface area contributed by atoms with Crippen LogP contribution in [0.3, 0.4) is 0 Å². The first-order valence-corrected chi connectivity index (χ1v) is 9.77. The van der Waals surface area contributed by atoms with E-state index < -0.39 is 10.0 Å². The summed E-state index contributed by atoms with van der Waals surface area (Å²) in [4.78, 5) is 11.8. The van der Waals surface area contributed by atoms with Crippen molar-refractivity contribution in [1.29, 1.82) is 0 Å². The average molecular weight is 424 g/mol. The quantitative estimate of drug-likeness (QED) is 0.665. The minimum absolute atomic E-state index is 0.0687. The van der Waals surface area contributed by atoms with Gasteiger partial charge < -0.3 is 10.6 Å². The van der Waals surface area contributed by atoms with Crippen molar-refractivity contribution in [1.82, 2.24) is 10.6 Å². The second kappa shape index (κ2) is 8.80. The lowest BCUT2D eigenvalue weighted by atomic mass is 10.1. The lowest BCUT2D eigenvalue weighted by molar-refractivity contribution is 0.244. The SMILES string of the molecule is NS(=O)(=O)c1ccc(CCNC(=O)N/C=C/c2ccccc2Br)cc1. The highest BCUT2D eigenvalue weighted by molar-refractivity contribution is 9.10. The first-order chi connectivity index (χ1) is 11.9. The van der Waals surface area contributed by atoms with Crippen molar-refractivity contribution in [3.05, 3.63) is 70.3 Å². The third-order valence-corrected chi connectivity index (χ3v) is 4.99. The highest BCUT2D eigenvalue weighted by Gasteiger charge is 2.06. The van der Waals surface area contributed by atoms with Crippen LogP contribution in [0, 0.1) is 0 Å². The summed E-state index contributed by atoms with van der Waals surface area (Å²) in [6.45, 7) is 0.420. The molecule has 0 aliphatic rings. The summed E-state index contributed by atoms with van der Waals surface area (Å²) < 4.78 is 23.3. The van der Waals surface area contributed by atoms with E-state index in [1.807, 2.05) is 24.3 Å². The highest BCUT2D eigenvalue weighted by atomic mass is 79.9. The van der Waals surface area contributed by atoms with Crippen LogP contribution in [-0.4, -0.2) is 21.0 Å². The number of carbonyl (C=O) groups is 1. The van der Waals surface area contributed by atoms with Gasteiger partial charge in [0, 0.05) is 17.2 Å². The Kier molecular flexibility index (Phi) is 6.74. The Labute approximate surface area is 155 Å². The van der Waals surface area contributed by atoms with Gasteiger partial charge in [0.05, 0.1) is 4.90 Å². The van der Waals surface area contributed by atoms with Gasteiger partial charge in [0.25, 0.3) is 0 Å². The molecule has 0 fully saturated rings. The molecule has 2 rings (SSSR count).